The molecule has 2 rings (SSSR count). The van der Waals surface area contributed by atoms with Crippen molar-refractivity contribution < 1.29 is 9.21 Å². The number of nitrogens with one attached hydrogen (secondary N) is 1. The van der Waals surface area contributed by atoms with E-state index in [1.807, 2.05) is 11.9 Å². The van der Waals surface area contributed by atoms with E-state index in [0.717, 1.165) is 26.2 Å². The van der Waals surface area contributed by atoms with Gasteiger partial charge in [0.2, 0.25) is 0 Å². The van der Waals surface area contributed by atoms with Crippen LogP contribution in [-0.2, 0) is 6.54 Å². The highest BCUT2D eigenvalue weighted by molar-refractivity contribution is 5.93. The Balaban J connectivity index is 2.06. The first-order valence-electron chi connectivity index (χ1n) is 5.77. The van der Waals surface area contributed by atoms with Crippen LogP contribution >= 0.6 is 0 Å². The molecule has 2 heterocycles. The lowest BCUT2D eigenvalue weighted by molar-refractivity contribution is 0.0656. The average molecular weight is 238 g/mol. The zero-order valence-electron chi connectivity index (χ0n) is 10.3. The molecule has 1 aliphatic heterocycles. The van der Waals surface area contributed by atoms with Crippen LogP contribution < -0.4 is 5.32 Å². The van der Waals surface area contributed by atoms with Crippen molar-refractivity contribution in [2.75, 3.05) is 40.3 Å². The zero-order chi connectivity index (χ0) is 12.3. The van der Waals surface area contributed by atoms with Crippen molar-refractivity contribution in [1.29, 1.82) is 0 Å². The molecular weight excluding hydrogens is 220 g/mol. The molecule has 0 aliphatic carbocycles. The highest BCUT2D eigenvalue weighted by Crippen LogP contribution is 2.11. The van der Waals surface area contributed by atoms with Gasteiger partial charge in [-0.05, 0) is 14.1 Å². The second-order valence-corrected chi connectivity index (χ2v) is 4.25. The number of carbonyl (C=O) groups excluding carboxylic acids is 1. The van der Waals surface area contributed by atoms with E-state index in [-0.39, 0.29) is 5.91 Å². The van der Waals surface area contributed by atoms with Crippen LogP contribution in [0.1, 0.15) is 16.2 Å². The Bertz CT molecular complexity index is 383. The van der Waals surface area contributed by atoms with E-state index in [1.165, 1.54) is 6.39 Å². The minimum absolute atomic E-state index is 0.0305. The number of likely N-dealkylation sites (N-methyl/N-ethyl adjacent to an activating group) is 1. The van der Waals surface area contributed by atoms with Gasteiger partial charge in [-0.25, -0.2) is 4.98 Å². The zero-order valence-corrected chi connectivity index (χ0v) is 10.3. The number of rotatable bonds is 3. The number of hydrogen-bond acceptors (Lipinski definition) is 5. The first kappa shape index (κ1) is 12.1. The molecule has 1 aliphatic rings. The molecule has 0 bridgehead atoms. The summed E-state index contributed by atoms with van der Waals surface area (Å²) < 4.78 is 5.21. The van der Waals surface area contributed by atoms with Gasteiger partial charge in [-0.15, -0.1) is 0 Å². The van der Waals surface area contributed by atoms with Crippen molar-refractivity contribution in [1.82, 2.24) is 20.1 Å². The fourth-order valence-corrected chi connectivity index (χ4v) is 1.89. The van der Waals surface area contributed by atoms with Crippen molar-refractivity contribution >= 4 is 5.91 Å². The highest BCUT2D eigenvalue weighted by Gasteiger charge is 2.24. The molecule has 0 aromatic carbocycles. The van der Waals surface area contributed by atoms with E-state index in [4.69, 9.17) is 4.42 Å². The number of amides is 1. The second-order valence-electron chi connectivity index (χ2n) is 4.25. The van der Waals surface area contributed by atoms with E-state index in [0.29, 0.717) is 18.0 Å². The molecular formula is C11H18N4O2. The van der Waals surface area contributed by atoms with E-state index in [9.17, 15) is 4.79 Å². The Morgan fingerprint density at radius 3 is 2.82 bits per heavy atom. The van der Waals surface area contributed by atoms with Gasteiger partial charge in [0, 0.05) is 26.2 Å². The first-order valence-corrected chi connectivity index (χ1v) is 5.77. The summed E-state index contributed by atoms with van der Waals surface area (Å²) >= 11 is 0. The smallest absolute Gasteiger partial charge is 0.276 e. The molecule has 0 spiro atoms. The fraction of sp³-hybridized carbons (Fsp3) is 0.636. The first-order chi connectivity index (χ1) is 8.22. The van der Waals surface area contributed by atoms with Crippen LogP contribution in [0.5, 0.6) is 0 Å². The summed E-state index contributed by atoms with van der Waals surface area (Å²) in [5.74, 6) is 0.577. The van der Waals surface area contributed by atoms with Gasteiger partial charge in [0.05, 0.1) is 6.54 Å². The molecule has 0 radical (unpaired) electrons. The van der Waals surface area contributed by atoms with E-state index in [1.54, 1.807) is 0 Å². The van der Waals surface area contributed by atoms with Crippen LogP contribution in [-0.4, -0.2) is 61.0 Å². The summed E-state index contributed by atoms with van der Waals surface area (Å²) in [6, 6.07) is 0. The molecule has 1 fully saturated rings. The summed E-state index contributed by atoms with van der Waals surface area (Å²) in [5, 5.41) is 2.96. The van der Waals surface area contributed by atoms with Gasteiger partial charge in [0.25, 0.3) is 5.91 Å². The Labute approximate surface area is 101 Å². The maximum absolute atomic E-state index is 12.2. The lowest BCUT2D eigenvalue weighted by atomic mass is 10.2. The molecule has 1 saturated heterocycles. The lowest BCUT2D eigenvalue weighted by Gasteiger charge is -2.32. The Morgan fingerprint density at radius 1 is 1.47 bits per heavy atom. The summed E-state index contributed by atoms with van der Waals surface area (Å²) in [5.41, 5.74) is 0.434. The van der Waals surface area contributed by atoms with Gasteiger partial charge >= 0.3 is 0 Å². The number of carbonyl (C=O) groups is 1. The molecule has 94 valence electrons. The third kappa shape index (κ3) is 2.65. The number of hydrogen-bond donors (Lipinski definition) is 1. The van der Waals surface area contributed by atoms with Crippen LogP contribution in [0.15, 0.2) is 10.8 Å². The molecule has 1 amide bonds. The SMILES string of the molecule is CNCc1ocnc1C(=O)N1CCN(C)CC1. The maximum atomic E-state index is 12.2. The van der Waals surface area contributed by atoms with Crippen LogP contribution in [0.3, 0.4) is 0 Å². The minimum Gasteiger partial charge on any atom is -0.446 e. The quantitative estimate of drug-likeness (QED) is 0.789. The van der Waals surface area contributed by atoms with Gasteiger partial charge in [-0.2, -0.15) is 0 Å². The molecule has 0 atom stereocenters. The maximum Gasteiger partial charge on any atom is 0.276 e. The summed E-state index contributed by atoms with van der Waals surface area (Å²) in [6.45, 7) is 3.84. The van der Waals surface area contributed by atoms with Gasteiger partial charge in [0.1, 0.15) is 0 Å². The standard InChI is InChI=1S/C11H18N4O2/c1-12-7-9-10(13-8-17-9)11(16)15-5-3-14(2)4-6-15/h8,12H,3-7H2,1-2H3. The molecule has 6 heteroatoms. The number of oxazole rings is 1. The van der Waals surface area contributed by atoms with Gasteiger partial charge in [-0.1, -0.05) is 0 Å². The fourth-order valence-electron chi connectivity index (χ4n) is 1.89. The highest BCUT2D eigenvalue weighted by atomic mass is 16.3. The number of aromatic nitrogens is 1. The van der Waals surface area contributed by atoms with Crippen molar-refractivity contribution in [3.63, 3.8) is 0 Å². The normalized spacial score (nSPS) is 17.4. The van der Waals surface area contributed by atoms with Crippen LogP contribution in [0.4, 0.5) is 0 Å². The largest absolute Gasteiger partial charge is 0.446 e. The Kier molecular flexibility index (Phi) is 3.75. The topological polar surface area (TPSA) is 61.6 Å². The molecule has 1 N–H and O–H groups in total. The molecule has 0 unspecified atom stereocenters. The van der Waals surface area contributed by atoms with Gasteiger partial charge < -0.3 is 19.5 Å². The molecule has 1 aromatic rings. The number of nitrogens with zero attached hydrogens (tertiary/aromatic N) is 3. The van der Waals surface area contributed by atoms with Crippen molar-refractivity contribution in [2.45, 2.75) is 6.54 Å². The van der Waals surface area contributed by atoms with Crippen LogP contribution in [0.2, 0.25) is 0 Å². The van der Waals surface area contributed by atoms with Crippen LogP contribution in [0.25, 0.3) is 0 Å². The third-order valence-electron chi connectivity index (χ3n) is 2.97. The molecule has 0 saturated carbocycles. The molecule has 6 nitrogen and oxygen atoms in total. The van der Waals surface area contributed by atoms with Crippen molar-refractivity contribution in [2.24, 2.45) is 0 Å². The van der Waals surface area contributed by atoms with Gasteiger partial charge in [0.15, 0.2) is 17.8 Å². The summed E-state index contributed by atoms with van der Waals surface area (Å²) in [7, 11) is 3.87. The average Bonchev–Trinajstić information content (AvgIpc) is 2.78. The van der Waals surface area contributed by atoms with Crippen molar-refractivity contribution in [3.05, 3.63) is 17.8 Å². The third-order valence-corrected chi connectivity index (χ3v) is 2.97. The van der Waals surface area contributed by atoms with Gasteiger partial charge in [-0.3, -0.25) is 4.79 Å². The number of piperazine rings is 1. The lowest BCUT2D eigenvalue weighted by Crippen LogP contribution is -2.47. The minimum atomic E-state index is -0.0305. The molecule has 1 aromatic heterocycles. The summed E-state index contributed by atoms with van der Waals surface area (Å²) in [6.07, 6.45) is 1.33. The summed E-state index contributed by atoms with van der Waals surface area (Å²) in [4.78, 5) is 20.3. The second kappa shape index (κ2) is 5.29. The predicted octanol–water partition coefficient (Wildman–Crippen LogP) is -0.218. The van der Waals surface area contributed by atoms with Crippen molar-refractivity contribution in [3.8, 4) is 0 Å². The van der Waals surface area contributed by atoms with E-state index >= 15 is 0 Å². The molecule has 17 heavy (non-hydrogen) atoms. The van der Waals surface area contributed by atoms with E-state index < -0.39 is 0 Å². The van der Waals surface area contributed by atoms with E-state index in [2.05, 4.69) is 22.2 Å². The monoisotopic (exact) mass is 238 g/mol. The Morgan fingerprint density at radius 2 is 2.18 bits per heavy atom. The van der Waals surface area contributed by atoms with Crippen LogP contribution in [0, 0.1) is 0 Å². The Hall–Kier alpha value is -1.40. The predicted molar refractivity (Wildman–Crippen MR) is 62.7 cm³/mol.